The minimum atomic E-state index is -0.391. The summed E-state index contributed by atoms with van der Waals surface area (Å²) in [7, 11) is 0. The smallest absolute Gasteiger partial charge is 0.124 e. The predicted octanol–water partition coefficient (Wildman–Crippen LogP) is 1.83. The quantitative estimate of drug-likeness (QED) is 0.637. The average Bonchev–Trinajstić information content (AvgIpc) is 2.52. The third kappa shape index (κ3) is 1.44. The van der Waals surface area contributed by atoms with Crippen molar-refractivity contribution in [2.24, 2.45) is 5.73 Å². The maximum absolute atomic E-state index is 9.68. The SMILES string of the molecule is NC1(c2ccc(O)cc2O)CCCC1. The van der Waals surface area contributed by atoms with Gasteiger partial charge in [0.05, 0.1) is 0 Å². The molecule has 1 aliphatic rings. The molecule has 76 valence electrons. The van der Waals surface area contributed by atoms with Crippen LogP contribution in [0.4, 0.5) is 0 Å². The molecule has 0 spiro atoms. The van der Waals surface area contributed by atoms with Gasteiger partial charge in [0.25, 0.3) is 0 Å². The number of rotatable bonds is 1. The Balaban J connectivity index is 2.40. The Morgan fingerprint density at radius 3 is 2.36 bits per heavy atom. The molecule has 0 unspecified atom stereocenters. The van der Waals surface area contributed by atoms with Gasteiger partial charge in [-0.25, -0.2) is 0 Å². The molecular formula is C11H15NO2. The minimum Gasteiger partial charge on any atom is -0.508 e. The maximum Gasteiger partial charge on any atom is 0.124 e. The first-order chi connectivity index (χ1) is 6.62. The molecule has 1 aromatic rings. The molecule has 0 heterocycles. The second kappa shape index (κ2) is 3.17. The molecule has 0 saturated heterocycles. The van der Waals surface area contributed by atoms with E-state index in [1.54, 1.807) is 12.1 Å². The van der Waals surface area contributed by atoms with Crippen LogP contribution < -0.4 is 5.73 Å². The van der Waals surface area contributed by atoms with E-state index in [9.17, 15) is 5.11 Å². The molecule has 0 atom stereocenters. The van der Waals surface area contributed by atoms with E-state index in [1.165, 1.54) is 6.07 Å². The molecular weight excluding hydrogens is 178 g/mol. The molecule has 0 radical (unpaired) electrons. The van der Waals surface area contributed by atoms with Crippen LogP contribution in [0, 0.1) is 0 Å². The van der Waals surface area contributed by atoms with Crippen LogP contribution in [0.1, 0.15) is 31.2 Å². The highest BCUT2D eigenvalue weighted by Crippen LogP contribution is 2.40. The van der Waals surface area contributed by atoms with Gasteiger partial charge in [-0.1, -0.05) is 12.8 Å². The summed E-state index contributed by atoms with van der Waals surface area (Å²) in [4.78, 5) is 0. The molecule has 4 N–H and O–H groups in total. The highest BCUT2D eigenvalue weighted by Gasteiger charge is 2.33. The van der Waals surface area contributed by atoms with Crippen LogP contribution in [0.3, 0.4) is 0 Å². The van der Waals surface area contributed by atoms with Crippen molar-refractivity contribution in [1.29, 1.82) is 0 Å². The molecule has 1 fully saturated rings. The van der Waals surface area contributed by atoms with Gasteiger partial charge in [-0.15, -0.1) is 0 Å². The van der Waals surface area contributed by atoms with E-state index in [4.69, 9.17) is 10.8 Å². The van der Waals surface area contributed by atoms with E-state index < -0.39 is 5.54 Å². The van der Waals surface area contributed by atoms with Gasteiger partial charge >= 0.3 is 0 Å². The van der Waals surface area contributed by atoms with Gasteiger partial charge in [0.2, 0.25) is 0 Å². The van der Waals surface area contributed by atoms with Crippen molar-refractivity contribution >= 4 is 0 Å². The molecule has 3 nitrogen and oxygen atoms in total. The average molecular weight is 193 g/mol. The fourth-order valence-corrected chi connectivity index (χ4v) is 2.22. The molecule has 1 aromatic carbocycles. The number of phenols is 2. The maximum atomic E-state index is 9.68. The van der Waals surface area contributed by atoms with Crippen molar-refractivity contribution in [2.45, 2.75) is 31.2 Å². The third-order valence-electron chi connectivity index (χ3n) is 3.01. The van der Waals surface area contributed by atoms with Gasteiger partial charge in [-0.3, -0.25) is 0 Å². The van der Waals surface area contributed by atoms with E-state index in [2.05, 4.69) is 0 Å². The zero-order chi connectivity index (χ0) is 10.2. The van der Waals surface area contributed by atoms with Gasteiger partial charge in [-0.05, 0) is 25.0 Å². The number of aromatic hydroxyl groups is 2. The summed E-state index contributed by atoms with van der Waals surface area (Å²) in [6, 6.07) is 4.64. The highest BCUT2D eigenvalue weighted by atomic mass is 16.3. The fourth-order valence-electron chi connectivity index (χ4n) is 2.22. The zero-order valence-corrected chi connectivity index (χ0v) is 8.03. The molecule has 0 bridgehead atoms. The summed E-state index contributed by atoms with van der Waals surface area (Å²) in [6.07, 6.45) is 4.03. The Morgan fingerprint density at radius 2 is 1.79 bits per heavy atom. The van der Waals surface area contributed by atoms with Crippen LogP contribution in [0.5, 0.6) is 11.5 Å². The summed E-state index contributed by atoms with van der Waals surface area (Å²) in [6.45, 7) is 0. The Labute approximate surface area is 83.2 Å². The van der Waals surface area contributed by atoms with E-state index in [1.807, 2.05) is 0 Å². The molecule has 14 heavy (non-hydrogen) atoms. The first-order valence-electron chi connectivity index (χ1n) is 4.93. The van der Waals surface area contributed by atoms with E-state index >= 15 is 0 Å². The normalized spacial score (nSPS) is 19.8. The lowest BCUT2D eigenvalue weighted by Crippen LogP contribution is -2.33. The second-order valence-corrected chi connectivity index (χ2v) is 4.06. The highest BCUT2D eigenvalue weighted by molar-refractivity contribution is 5.43. The Hall–Kier alpha value is -1.22. The summed E-state index contributed by atoms with van der Waals surface area (Å²) < 4.78 is 0. The first-order valence-corrected chi connectivity index (χ1v) is 4.93. The largest absolute Gasteiger partial charge is 0.508 e. The molecule has 0 aromatic heterocycles. The number of hydrogen-bond acceptors (Lipinski definition) is 3. The molecule has 1 saturated carbocycles. The molecule has 3 heteroatoms. The van der Waals surface area contributed by atoms with Crippen molar-refractivity contribution in [3.63, 3.8) is 0 Å². The Kier molecular flexibility index (Phi) is 2.11. The standard InChI is InChI=1S/C11H15NO2/c12-11(5-1-2-6-11)9-4-3-8(13)7-10(9)14/h3-4,7,13-14H,1-2,5-6,12H2. The summed E-state index contributed by atoms with van der Waals surface area (Å²) in [5.41, 5.74) is 6.56. The molecule has 0 aliphatic heterocycles. The van der Waals surface area contributed by atoms with Gasteiger partial charge in [0.1, 0.15) is 11.5 Å². The monoisotopic (exact) mass is 193 g/mol. The van der Waals surface area contributed by atoms with Crippen molar-refractivity contribution in [3.05, 3.63) is 23.8 Å². The fraction of sp³-hybridized carbons (Fsp3) is 0.455. The van der Waals surface area contributed by atoms with Crippen LogP contribution in [-0.4, -0.2) is 10.2 Å². The second-order valence-electron chi connectivity index (χ2n) is 4.06. The van der Waals surface area contributed by atoms with Crippen LogP contribution in [0.25, 0.3) is 0 Å². The van der Waals surface area contributed by atoms with Crippen molar-refractivity contribution < 1.29 is 10.2 Å². The van der Waals surface area contributed by atoms with E-state index in [0.717, 1.165) is 31.2 Å². The van der Waals surface area contributed by atoms with Gasteiger partial charge in [0.15, 0.2) is 0 Å². The number of nitrogens with two attached hydrogens (primary N) is 1. The van der Waals surface area contributed by atoms with Crippen molar-refractivity contribution in [1.82, 2.24) is 0 Å². The minimum absolute atomic E-state index is 0.0767. The lowest BCUT2D eigenvalue weighted by atomic mass is 9.88. The molecule has 2 rings (SSSR count). The van der Waals surface area contributed by atoms with Gasteiger partial charge in [0, 0.05) is 17.2 Å². The molecule has 0 amide bonds. The van der Waals surface area contributed by atoms with Crippen LogP contribution >= 0.6 is 0 Å². The zero-order valence-electron chi connectivity index (χ0n) is 8.03. The van der Waals surface area contributed by atoms with Crippen LogP contribution in [0.2, 0.25) is 0 Å². The third-order valence-corrected chi connectivity index (χ3v) is 3.01. The van der Waals surface area contributed by atoms with E-state index in [0.29, 0.717) is 0 Å². The van der Waals surface area contributed by atoms with E-state index in [-0.39, 0.29) is 11.5 Å². The molecule has 1 aliphatic carbocycles. The summed E-state index contributed by atoms with van der Waals surface area (Å²) in [5.74, 6) is 0.183. The number of benzene rings is 1. The van der Waals surface area contributed by atoms with Crippen molar-refractivity contribution in [3.8, 4) is 11.5 Å². The Morgan fingerprint density at radius 1 is 1.14 bits per heavy atom. The van der Waals surface area contributed by atoms with Crippen LogP contribution in [-0.2, 0) is 5.54 Å². The number of hydrogen-bond donors (Lipinski definition) is 3. The topological polar surface area (TPSA) is 66.5 Å². The first kappa shape index (κ1) is 9.34. The summed E-state index contributed by atoms with van der Waals surface area (Å²) >= 11 is 0. The lowest BCUT2D eigenvalue weighted by molar-refractivity contribution is 0.402. The lowest BCUT2D eigenvalue weighted by Gasteiger charge is -2.24. The van der Waals surface area contributed by atoms with Gasteiger partial charge in [-0.2, -0.15) is 0 Å². The van der Waals surface area contributed by atoms with Gasteiger partial charge < -0.3 is 15.9 Å². The predicted molar refractivity (Wildman–Crippen MR) is 54.1 cm³/mol. The van der Waals surface area contributed by atoms with Crippen molar-refractivity contribution in [2.75, 3.05) is 0 Å². The Bertz CT molecular complexity index is 343. The number of phenolic OH excluding ortho intramolecular Hbond substituents is 2. The van der Waals surface area contributed by atoms with Crippen LogP contribution in [0.15, 0.2) is 18.2 Å². The summed E-state index contributed by atoms with van der Waals surface area (Å²) in [5, 5.41) is 18.8.